The summed E-state index contributed by atoms with van der Waals surface area (Å²) in [5.74, 6) is -1.37. The molecule has 1 heterocycles. The third-order valence-corrected chi connectivity index (χ3v) is 2.72. The smallest absolute Gasteiger partial charge is 0.327 e. The van der Waals surface area contributed by atoms with Crippen LogP contribution >= 0.6 is 0 Å². The van der Waals surface area contributed by atoms with Crippen LogP contribution < -0.4 is 5.32 Å². The monoisotopic (exact) mass is 265 g/mol. The molecule has 6 nitrogen and oxygen atoms in total. The Morgan fingerprint density at radius 1 is 1.42 bits per heavy atom. The Morgan fingerprint density at radius 2 is 2.05 bits per heavy atom. The van der Waals surface area contributed by atoms with Gasteiger partial charge < -0.3 is 10.4 Å². The lowest BCUT2D eigenvalue weighted by Gasteiger charge is -2.24. The van der Waals surface area contributed by atoms with Crippen LogP contribution in [0.4, 0.5) is 0 Å². The number of carbonyl (C=O) groups excluding carboxylic acids is 1. The lowest BCUT2D eigenvalue weighted by Crippen LogP contribution is -2.47. The number of carbonyl (C=O) groups is 2. The number of nitrogens with one attached hydrogen (secondary N) is 1. The van der Waals surface area contributed by atoms with Crippen molar-refractivity contribution < 1.29 is 14.7 Å². The highest BCUT2D eigenvalue weighted by Gasteiger charge is 2.21. The number of nitrogens with zero attached hydrogens (tertiary/aromatic N) is 2. The Kier molecular flexibility index (Phi) is 5.95. The molecule has 0 radical (unpaired) electrons. The van der Waals surface area contributed by atoms with Gasteiger partial charge in [0.15, 0.2) is 0 Å². The maximum atomic E-state index is 11.1. The van der Waals surface area contributed by atoms with Crippen LogP contribution in [0.5, 0.6) is 0 Å². The molecule has 0 saturated carbocycles. The van der Waals surface area contributed by atoms with Crippen LogP contribution in [-0.4, -0.2) is 46.0 Å². The molecule has 104 valence electrons. The second-order valence-electron chi connectivity index (χ2n) is 4.27. The minimum Gasteiger partial charge on any atom is -0.480 e. The van der Waals surface area contributed by atoms with Gasteiger partial charge in [-0.15, -0.1) is 0 Å². The molecule has 0 aromatic carbocycles. The first-order chi connectivity index (χ1) is 9.02. The molecule has 6 heteroatoms. The summed E-state index contributed by atoms with van der Waals surface area (Å²) >= 11 is 0. The van der Waals surface area contributed by atoms with Crippen LogP contribution in [0, 0.1) is 0 Å². The van der Waals surface area contributed by atoms with Gasteiger partial charge in [0.2, 0.25) is 5.91 Å². The fourth-order valence-corrected chi connectivity index (χ4v) is 1.74. The molecule has 0 aliphatic heterocycles. The van der Waals surface area contributed by atoms with Crippen molar-refractivity contribution in [3.05, 3.63) is 30.1 Å². The van der Waals surface area contributed by atoms with E-state index in [1.165, 1.54) is 6.92 Å². The van der Waals surface area contributed by atoms with E-state index in [1.807, 2.05) is 24.0 Å². The zero-order valence-corrected chi connectivity index (χ0v) is 11.2. The molecule has 0 aliphatic rings. The topological polar surface area (TPSA) is 82.5 Å². The molecule has 2 N–H and O–H groups in total. The van der Waals surface area contributed by atoms with Gasteiger partial charge in [-0.3, -0.25) is 14.7 Å². The molecule has 0 spiro atoms. The molecular formula is C13H19N3O3. The van der Waals surface area contributed by atoms with Crippen molar-refractivity contribution in [2.24, 2.45) is 0 Å². The third kappa shape index (κ3) is 5.48. The van der Waals surface area contributed by atoms with E-state index in [4.69, 9.17) is 5.11 Å². The third-order valence-electron chi connectivity index (χ3n) is 2.72. The molecule has 1 aromatic rings. The number of carboxylic acids is 1. The number of aliphatic carboxylic acids is 1. The summed E-state index contributed by atoms with van der Waals surface area (Å²) in [4.78, 5) is 28.0. The summed E-state index contributed by atoms with van der Waals surface area (Å²) in [6, 6.07) is 2.88. The van der Waals surface area contributed by atoms with Crippen molar-refractivity contribution in [2.75, 3.05) is 13.1 Å². The number of hydrogen-bond acceptors (Lipinski definition) is 4. The predicted octanol–water partition coefficient (Wildman–Crippen LogP) is 0.493. The van der Waals surface area contributed by atoms with E-state index in [1.54, 1.807) is 12.4 Å². The molecule has 0 saturated heterocycles. The van der Waals surface area contributed by atoms with E-state index in [2.05, 4.69) is 10.3 Å². The van der Waals surface area contributed by atoms with Gasteiger partial charge in [0.1, 0.15) is 6.04 Å². The van der Waals surface area contributed by atoms with Gasteiger partial charge in [-0.25, -0.2) is 4.79 Å². The molecule has 1 amide bonds. The number of aromatic nitrogens is 1. The van der Waals surface area contributed by atoms with Crippen LogP contribution in [0.25, 0.3) is 0 Å². The average molecular weight is 265 g/mol. The molecule has 19 heavy (non-hydrogen) atoms. The Bertz CT molecular complexity index is 422. The molecule has 1 rings (SSSR count). The molecule has 1 atom stereocenters. The van der Waals surface area contributed by atoms with E-state index in [0.717, 1.165) is 5.56 Å². The summed E-state index contributed by atoms with van der Waals surface area (Å²) in [5.41, 5.74) is 1.06. The minimum absolute atomic E-state index is 0.272. The maximum absolute atomic E-state index is 11.1. The maximum Gasteiger partial charge on any atom is 0.327 e. The summed E-state index contributed by atoms with van der Waals surface area (Å²) in [6.45, 7) is 4.87. The molecular weight excluding hydrogens is 246 g/mol. The van der Waals surface area contributed by atoms with E-state index in [9.17, 15) is 9.59 Å². The Hall–Kier alpha value is -1.95. The Labute approximate surface area is 112 Å². The number of amides is 1. The summed E-state index contributed by atoms with van der Waals surface area (Å²) in [6.07, 6.45) is 3.40. The van der Waals surface area contributed by atoms with E-state index >= 15 is 0 Å². The highest BCUT2D eigenvalue weighted by atomic mass is 16.4. The summed E-state index contributed by atoms with van der Waals surface area (Å²) < 4.78 is 0. The second-order valence-corrected chi connectivity index (χ2v) is 4.27. The zero-order chi connectivity index (χ0) is 14.3. The summed E-state index contributed by atoms with van der Waals surface area (Å²) in [7, 11) is 0. The van der Waals surface area contributed by atoms with Crippen molar-refractivity contribution in [1.29, 1.82) is 0 Å². The Balaban J connectivity index is 2.63. The normalized spacial score (nSPS) is 12.2. The van der Waals surface area contributed by atoms with Gasteiger partial charge in [-0.1, -0.05) is 6.92 Å². The number of pyridine rings is 1. The zero-order valence-electron chi connectivity index (χ0n) is 11.2. The van der Waals surface area contributed by atoms with Gasteiger partial charge in [0.05, 0.1) is 0 Å². The van der Waals surface area contributed by atoms with Crippen LogP contribution in [0.1, 0.15) is 19.4 Å². The van der Waals surface area contributed by atoms with Gasteiger partial charge in [-0.2, -0.15) is 0 Å². The Morgan fingerprint density at radius 3 is 2.53 bits per heavy atom. The highest BCUT2D eigenvalue weighted by molar-refractivity contribution is 5.82. The quantitative estimate of drug-likeness (QED) is 0.750. The SMILES string of the molecule is CCN(Cc1ccncc1)CC(NC(C)=O)C(=O)O. The fraction of sp³-hybridized carbons (Fsp3) is 0.462. The standard InChI is InChI=1S/C13H19N3O3/c1-3-16(8-11-4-6-14-7-5-11)9-12(13(18)19)15-10(2)17/h4-7,12H,3,8-9H2,1-2H3,(H,15,17)(H,18,19). The van der Waals surface area contributed by atoms with Crippen molar-refractivity contribution in [1.82, 2.24) is 15.2 Å². The van der Waals surface area contributed by atoms with E-state index < -0.39 is 12.0 Å². The lowest BCUT2D eigenvalue weighted by molar-refractivity contribution is -0.142. The number of likely N-dealkylation sites (N-methyl/N-ethyl adjacent to an activating group) is 1. The molecule has 0 aliphatic carbocycles. The van der Waals surface area contributed by atoms with Crippen molar-refractivity contribution in [2.45, 2.75) is 26.4 Å². The van der Waals surface area contributed by atoms with E-state index in [-0.39, 0.29) is 12.5 Å². The van der Waals surface area contributed by atoms with Gasteiger partial charge in [-0.05, 0) is 24.2 Å². The first kappa shape index (κ1) is 15.1. The van der Waals surface area contributed by atoms with Crippen LogP contribution in [0.3, 0.4) is 0 Å². The molecule has 1 aromatic heterocycles. The van der Waals surface area contributed by atoms with Crippen LogP contribution in [0.15, 0.2) is 24.5 Å². The largest absolute Gasteiger partial charge is 0.480 e. The second kappa shape index (κ2) is 7.48. The predicted molar refractivity (Wildman–Crippen MR) is 70.4 cm³/mol. The molecule has 0 fully saturated rings. The molecule has 1 unspecified atom stereocenters. The van der Waals surface area contributed by atoms with Crippen LogP contribution in [-0.2, 0) is 16.1 Å². The van der Waals surface area contributed by atoms with E-state index in [0.29, 0.717) is 13.1 Å². The molecule has 0 bridgehead atoms. The van der Waals surface area contributed by atoms with Crippen LogP contribution in [0.2, 0.25) is 0 Å². The van der Waals surface area contributed by atoms with Gasteiger partial charge in [0.25, 0.3) is 0 Å². The first-order valence-electron chi connectivity index (χ1n) is 6.14. The number of carboxylic acid groups (broad SMARTS) is 1. The van der Waals surface area contributed by atoms with Gasteiger partial charge >= 0.3 is 5.97 Å². The number of hydrogen-bond donors (Lipinski definition) is 2. The first-order valence-corrected chi connectivity index (χ1v) is 6.14. The van der Waals surface area contributed by atoms with Gasteiger partial charge in [0, 0.05) is 32.4 Å². The summed E-state index contributed by atoms with van der Waals surface area (Å²) in [5, 5.41) is 11.5. The lowest BCUT2D eigenvalue weighted by atomic mass is 10.2. The minimum atomic E-state index is -1.02. The number of rotatable bonds is 7. The fourth-order valence-electron chi connectivity index (χ4n) is 1.74. The van der Waals surface area contributed by atoms with Crippen molar-refractivity contribution in [3.63, 3.8) is 0 Å². The average Bonchev–Trinajstić information content (AvgIpc) is 2.37. The van der Waals surface area contributed by atoms with Crippen molar-refractivity contribution >= 4 is 11.9 Å². The van der Waals surface area contributed by atoms with Crippen molar-refractivity contribution in [3.8, 4) is 0 Å². The highest BCUT2D eigenvalue weighted by Crippen LogP contribution is 2.04.